The second kappa shape index (κ2) is 21.2. The normalized spacial score (nSPS) is 11.7. The highest BCUT2D eigenvalue weighted by Crippen LogP contribution is 2.36. The number of hydrogen-bond donors (Lipinski definition) is 2. The summed E-state index contributed by atoms with van der Waals surface area (Å²) in [6.07, 6.45) is 3.64. The highest BCUT2D eigenvalue weighted by atomic mass is 16.5. The van der Waals surface area contributed by atoms with Crippen LogP contribution in [0.3, 0.4) is 0 Å². The Morgan fingerprint density at radius 3 is 2.08 bits per heavy atom. The molecule has 1 amide bonds. The van der Waals surface area contributed by atoms with E-state index in [9.17, 15) is 14.7 Å². The second-order valence-electron chi connectivity index (χ2n) is 15.9. The Morgan fingerprint density at radius 1 is 0.651 bits per heavy atom. The molecule has 0 radical (unpaired) electrons. The van der Waals surface area contributed by atoms with E-state index in [1.54, 1.807) is 24.1 Å². The molecule has 0 fully saturated rings. The number of pyridine rings is 1. The molecule has 0 aliphatic heterocycles. The number of aromatic hydroxyl groups is 1. The first-order chi connectivity index (χ1) is 30.7. The number of allylic oxidation sites excluding steroid dienone is 1. The van der Waals surface area contributed by atoms with Crippen LogP contribution in [0.1, 0.15) is 67.7 Å². The average Bonchev–Trinajstić information content (AvgIpc) is 3.31. The maximum Gasteiger partial charge on any atom is 0.306 e. The van der Waals surface area contributed by atoms with Crippen LogP contribution in [0, 0.1) is 5.41 Å². The monoisotopic (exact) mass is 840 g/mol. The maximum absolute atomic E-state index is 12.8. The molecule has 2 N–H and O–H groups in total. The van der Waals surface area contributed by atoms with Crippen LogP contribution in [0.15, 0.2) is 140 Å². The van der Waals surface area contributed by atoms with E-state index < -0.39 is 5.97 Å². The molecule has 63 heavy (non-hydrogen) atoms. The highest BCUT2D eigenvalue weighted by Gasteiger charge is 2.16. The van der Waals surface area contributed by atoms with Crippen molar-refractivity contribution in [2.24, 2.45) is 0 Å². The Hall–Kier alpha value is -7.00. The number of ether oxygens (including phenoxy) is 2. The number of amides is 1. The summed E-state index contributed by atoms with van der Waals surface area (Å²) >= 11 is 0. The Kier molecular flexibility index (Phi) is 14.8. The number of carbonyl (C=O) groups is 2. The number of likely N-dealkylation sites (N-methyl/N-ethyl adjacent to an activating group) is 1. The van der Waals surface area contributed by atoms with Gasteiger partial charge in [-0.25, -0.2) is 4.98 Å². The molecule has 7 aromatic rings. The summed E-state index contributed by atoms with van der Waals surface area (Å²) in [6.45, 7) is 3.74. The largest absolute Gasteiger partial charge is 0.508 e. The number of para-hydroxylation sites is 1. The minimum atomic E-state index is -0.420. The fourth-order valence-electron chi connectivity index (χ4n) is 8.15. The fourth-order valence-corrected chi connectivity index (χ4v) is 8.15. The minimum absolute atomic E-state index is 0.00336. The van der Waals surface area contributed by atoms with Gasteiger partial charge in [0.2, 0.25) is 5.91 Å². The van der Waals surface area contributed by atoms with Gasteiger partial charge < -0.3 is 24.4 Å². The Labute approximate surface area is 370 Å². The van der Waals surface area contributed by atoms with Gasteiger partial charge >= 0.3 is 5.97 Å². The number of phenols is 1. The molecule has 7 rings (SSSR count). The molecular formula is C54H56N4O5. The lowest BCUT2D eigenvalue weighted by Crippen LogP contribution is -2.31. The fraction of sp³-hybridized carbons (Fsp3) is 0.259. The Morgan fingerprint density at radius 2 is 1.33 bits per heavy atom. The zero-order chi connectivity index (χ0) is 44.1. The second-order valence-corrected chi connectivity index (χ2v) is 15.9. The van der Waals surface area contributed by atoms with Gasteiger partial charge in [-0.1, -0.05) is 116 Å². The zero-order valence-corrected chi connectivity index (χ0v) is 36.5. The molecule has 0 saturated heterocycles. The van der Waals surface area contributed by atoms with E-state index in [0.717, 1.165) is 64.5 Å². The van der Waals surface area contributed by atoms with Gasteiger partial charge in [0.15, 0.2) is 0 Å². The van der Waals surface area contributed by atoms with E-state index in [4.69, 9.17) is 19.9 Å². The lowest BCUT2D eigenvalue weighted by atomic mass is 9.88. The van der Waals surface area contributed by atoms with Crippen LogP contribution in [-0.4, -0.2) is 78.0 Å². The predicted molar refractivity (Wildman–Crippen MR) is 255 cm³/mol. The minimum Gasteiger partial charge on any atom is -0.508 e. The number of nitrogens with one attached hydrogen (secondary N) is 1. The van der Waals surface area contributed by atoms with Gasteiger partial charge in [0.25, 0.3) is 0 Å². The highest BCUT2D eigenvalue weighted by molar-refractivity contribution is 6.10. The van der Waals surface area contributed by atoms with Crippen LogP contribution >= 0.6 is 0 Å². The van der Waals surface area contributed by atoms with E-state index in [1.807, 2.05) is 72.6 Å². The topological polar surface area (TPSA) is 116 Å². The summed E-state index contributed by atoms with van der Waals surface area (Å²) < 4.78 is 11.4. The molecule has 9 heteroatoms. The van der Waals surface area contributed by atoms with Crippen LogP contribution < -0.4 is 4.74 Å². The first-order valence-electron chi connectivity index (χ1n) is 21.9. The third-order valence-corrected chi connectivity index (χ3v) is 11.6. The van der Waals surface area contributed by atoms with Crippen LogP contribution in [0.4, 0.5) is 0 Å². The Bertz CT molecular complexity index is 2710. The molecule has 9 nitrogen and oxygen atoms in total. The quantitative estimate of drug-likeness (QED) is 0.0158. The SMILES string of the molecule is CC/C(=C(\c1ccc(O)cc1)c1ccc(OCCN(C)C(=O)CCC(=O)OCCCC(=N)N(C)CCCc2c3ccccc3nc3c2ccc2ccccc23)cc1)c1ccccc1. The molecule has 0 saturated carbocycles. The number of rotatable bonds is 19. The smallest absolute Gasteiger partial charge is 0.306 e. The van der Waals surface area contributed by atoms with E-state index in [1.165, 1.54) is 27.3 Å². The number of aromatic nitrogens is 1. The third-order valence-electron chi connectivity index (χ3n) is 11.6. The summed E-state index contributed by atoms with van der Waals surface area (Å²) in [6, 6.07) is 46.6. The Balaban J connectivity index is 0.812. The summed E-state index contributed by atoms with van der Waals surface area (Å²) in [7, 11) is 3.65. The molecule has 0 unspecified atom stereocenters. The molecule has 6 aromatic carbocycles. The van der Waals surface area contributed by atoms with Crippen LogP contribution in [0.5, 0.6) is 11.5 Å². The van der Waals surface area contributed by atoms with Gasteiger partial charge in [0, 0.05) is 49.6 Å². The number of aryl methyl sites for hydroxylation is 1. The van der Waals surface area contributed by atoms with Gasteiger partial charge in [0.05, 0.1) is 36.4 Å². The van der Waals surface area contributed by atoms with Gasteiger partial charge in [-0.05, 0) is 94.8 Å². The van der Waals surface area contributed by atoms with Crippen molar-refractivity contribution < 1.29 is 24.2 Å². The van der Waals surface area contributed by atoms with Crippen molar-refractivity contribution in [1.82, 2.24) is 14.8 Å². The van der Waals surface area contributed by atoms with Crippen molar-refractivity contribution in [2.75, 3.05) is 40.4 Å². The third kappa shape index (κ3) is 11.1. The standard InChI is InChI=1S/C54H56N4O5/c1-4-44(38-14-6-5-7-15-38)53(40-22-27-42(59)28-23-40)41-24-29-43(30-25-41)62-37-35-58(3)51(60)32-33-52(61)63-36-13-21-50(55)57(2)34-12-19-46-47-18-10-11-20-49(47)56-54-45-17-9-8-16-39(45)26-31-48(46)54/h5-11,14-18,20,22-31,55,59H,4,12-13,19,21,32-37H2,1-3H3/b53-44-,55-50?. The summed E-state index contributed by atoms with van der Waals surface area (Å²) in [5, 5.41) is 23.3. The van der Waals surface area contributed by atoms with Crippen molar-refractivity contribution in [2.45, 2.75) is 51.9 Å². The molecule has 0 bridgehead atoms. The maximum atomic E-state index is 12.8. The number of fused-ring (bicyclic) bond motifs is 4. The number of benzene rings is 6. The zero-order valence-electron chi connectivity index (χ0n) is 36.5. The molecular weight excluding hydrogens is 785 g/mol. The predicted octanol–water partition coefficient (Wildman–Crippen LogP) is 11.1. The van der Waals surface area contributed by atoms with Crippen molar-refractivity contribution in [3.05, 3.63) is 162 Å². The van der Waals surface area contributed by atoms with Crippen LogP contribution in [-0.2, 0) is 20.7 Å². The van der Waals surface area contributed by atoms with Crippen LogP contribution in [0.2, 0.25) is 0 Å². The molecule has 0 aliphatic rings. The number of esters is 1. The lowest BCUT2D eigenvalue weighted by molar-refractivity contribution is -0.146. The van der Waals surface area contributed by atoms with Crippen molar-refractivity contribution >= 4 is 61.4 Å². The first-order valence-corrected chi connectivity index (χ1v) is 21.9. The van der Waals surface area contributed by atoms with Gasteiger partial charge in [0.1, 0.15) is 18.1 Å². The van der Waals surface area contributed by atoms with Gasteiger partial charge in [-0.3, -0.25) is 15.0 Å². The molecule has 1 aromatic heterocycles. The van der Waals surface area contributed by atoms with Crippen LogP contribution in [0.25, 0.3) is 43.7 Å². The first kappa shape index (κ1) is 44.1. The number of phenolic OH excluding ortho intramolecular Hbond substituents is 1. The van der Waals surface area contributed by atoms with E-state index in [-0.39, 0.29) is 31.1 Å². The lowest BCUT2D eigenvalue weighted by Gasteiger charge is -2.20. The summed E-state index contributed by atoms with van der Waals surface area (Å²) in [4.78, 5) is 33.9. The molecule has 1 heterocycles. The molecule has 322 valence electrons. The molecule has 0 atom stereocenters. The van der Waals surface area contributed by atoms with Gasteiger partial charge in [-0.15, -0.1) is 0 Å². The van der Waals surface area contributed by atoms with E-state index >= 15 is 0 Å². The average molecular weight is 841 g/mol. The summed E-state index contributed by atoms with van der Waals surface area (Å²) in [5.74, 6) is 0.828. The number of nitrogens with zero attached hydrogens (tertiary/aromatic N) is 3. The number of hydrogen-bond acceptors (Lipinski definition) is 7. The van der Waals surface area contributed by atoms with E-state index in [2.05, 4.69) is 73.7 Å². The van der Waals surface area contributed by atoms with Crippen molar-refractivity contribution in [1.29, 1.82) is 5.41 Å². The molecule has 0 spiro atoms. The number of carbonyl (C=O) groups excluding carboxylic acids is 2. The van der Waals surface area contributed by atoms with Crippen molar-refractivity contribution in [3.8, 4) is 11.5 Å². The van der Waals surface area contributed by atoms with Gasteiger partial charge in [-0.2, -0.15) is 0 Å². The van der Waals surface area contributed by atoms with Crippen molar-refractivity contribution in [3.63, 3.8) is 0 Å². The van der Waals surface area contributed by atoms with E-state index in [0.29, 0.717) is 37.6 Å². The molecule has 0 aliphatic carbocycles. The summed E-state index contributed by atoms with van der Waals surface area (Å²) in [5.41, 5.74) is 8.78. The number of amidine groups is 1.